The van der Waals surface area contributed by atoms with Crippen molar-refractivity contribution >= 4 is 23.1 Å². The number of nitrogens with zero attached hydrogens (tertiary/aromatic N) is 1. The maximum absolute atomic E-state index is 13.1. The number of Topliss-reactive ketones (excluding diaryl/α,β-unsaturated/α-hetero) is 1. The molecule has 30 heavy (non-hydrogen) atoms. The normalized spacial score (nSPS) is 16.6. The van der Waals surface area contributed by atoms with Crippen molar-refractivity contribution in [3.8, 4) is 11.3 Å². The fourth-order valence-corrected chi connectivity index (χ4v) is 3.81. The van der Waals surface area contributed by atoms with Gasteiger partial charge in [-0.1, -0.05) is 18.2 Å². The highest BCUT2D eigenvalue weighted by Gasteiger charge is 2.32. The van der Waals surface area contributed by atoms with Gasteiger partial charge in [0.1, 0.15) is 0 Å². The zero-order chi connectivity index (χ0) is 21.1. The lowest BCUT2D eigenvalue weighted by atomic mass is 9.86. The van der Waals surface area contributed by atoms with Crippen LogP contribution in [-0.4, -0.2) is 34.2 Å². The molecular formula is C23H25N5O2. The van der Waals surface area contributed by atoms with E-state index in [2.05, 4.69) is 20.6 Å². The Hall–Kier alpha value is -3.45. The van der Waals surface area contributed by atoms with Crippen molar-refractivity contribution < 1.29 is 9.59 Å². The van der Waals surface area contributed by atoms with Crippen LogP contribution >= 0.6 is 0 Å². The molecule has 0 bridgehead atoms. The maximum Gasteiger partial charge on any atom is 0.236 e. The van der Waals surface area contributed by atoms with E-state index in [0.717, 1.165) is 28.3 Å². The minimum absolute atomic E-state index is 0.0289. The second kappa shape index (κ2) is 8.51. The van der Waals surface area contributed by atoms with Gasteiger partial charge in [-0.25, -0.2) is 0 Å². The number of hydrogen-bond donors (Lipinski definition) is 4. The molecule has 0 saturated carbocycles. The van der Waals surface area contributed by atoms with Crippen LogP contribution in [0.25, 0.3) is 11.3 Å². The van der Waals surface area contributed by atoms with Gasteiger partial charge in [0.25, 0.3) is 0 Å². The number of aromatic amines is 1. The van der Waals surface area contributed by atoms with Crippen LogP contribution in [0.4, 0.5) is 11.4 Å². The quantitative estimate of drug-likeness (QED) is 0.505. The molecule has 7 heteroatoms. The number of rotatable bonds is 6. The van der Waals surface area contributed by atoms with E-state index in [1.807, 2.05) is 42.5 Å². The van der Waals surface area contributed by atoms with Crippen LogP contribution in [0.2, 0.25) is 0 Å². The van der Waals surface area contributed by atoms with Crippen molar-refractivity contribution in [3.05, 3.63) is 66.1 Å². The maximum atomic E-state index is 13.1. The number of amides is 1. The van der Waals surface area contributed by atoms with E-state index in [-0.39, 0.29) is 17.6 Å². The molecule has 2 unspecified atom stereocenters. The summed E-state index contributed by atoms with van der Waals surface area (Å²) in [5, 5.41) is 6.27. The Bertz CT molecular complexity index is 1040. The van der Waals surface area contributed by atoms with Gasteiger partial charge < -0.3 is 21.4 Å². The average Bonchev–Trinajstić information content (AvgIpc) is 3.12. The molecule has 2 aromatic heterocycles. The molecule has 1 amide bonds. The van der Waals surface area contributed by atoms with Crippen molar-refractivity contribution in [3.63, 3.8) is 0 Å². The van der Waals surface area contributed by atoms with E-state index >= 15 is 0 Å². The topological polar surface area (TPSA) is 113 Å². The number of anilines is 2. The fraction of sp³-hybridized carbons (Fsp3) is 0.261. The van der Waals surface area contributed by atoms with Gasteiger partial charge in [-0.3, -0.25) is 14.6 Å². The highest BCUT2D eigenvalue weighted by Crippen LogP contribution is 2.39. The minimum Gasteiger partial charge on any atom is -0.356 e. The van der Waals surface area contributed by atoms with Crippen LogP contribution in [0, 0.1) is 5.92 Å². The monoisotopic (exact) mass is 403 g/mol. The number of benzene rings is 1. The first-order valence-electron chi connectivity index (χ1n) is 10.1. The lowest BCUT2D eigenvalue weighted by Gasteiger charge is -2.22. The van der Waals surface area contributed by atoms with E-state index < -0.39 is 6.04 Å². The standard InChI is InChI=1S/C23H25N5O2/c1-14(24)23(30)26-13-15-11-18-20(19(29)12-15)22(27-17-5-3-2-4-6-17)21(28-18)16-7-9-25-10-8-16/h2-10,14-15,27-28H,11-13,24H2,1H3,(H,26,30). The second-order valence-electron chi connectivity index (χ2n) is 7.69. The summed E-state index contributed by atoms with van der Waals surface area (Å²) in [7, 11) is 0. The van der Waals surface area contributed by atoms with E-state index in [4.69, 9.17) is 5.73 Å². The number of carbonyl (C=O) groups is 2. The van der Waals surface area contributed by atoms with E-state index in [1.165, 1.54) is 0 Å². The molecule has 154 valence electrons. The largest absolute Gasteiger partial charge is 0.356 e. The summed E-state index contributed by atoms with van der Waals surface area (Å²) in [6.45, 7) is 2.07. The van der Waals surface area contributed by atoms with Crippen LogP contribution in [-0.2, 0) is 11.2 Å². The molecule has 2 atom stereocenters. The number of ketones is 1. The summed E-state index contributed by atoms with van der Waals surface area (Å²) >= 11 is 0. The van der Waals surface area contributed by atoms with Gasteiger partial charge >= 0.3 is 0 Å². The Morgan fingerprint density at radius 2 is 1.93 bits per heavy atom. The summed E-state index contributed by atoms with van der Waals surface area (Å²) < 4.78 is 0. The molecule has 2 heterocycles. The predicted octanol–water partition coefficient (Wildman–Crippen LogP) is 3.03. The Morgan fingerprint density at radius 1 is 1.20 bits per heavy atom. The molecule has 0 aliphatic heterocycles. The summed E-state index contributed by atoms with van der Waals surface area (Å²) in [4.78, 5) is 32.5. The third-order valence-electron chi connectivity index (χ3n) is 5.31. The SMILES string of the molecule is CC(N)C(=O)NCC1CC(=O)c2c([nH]c(-c3ccncc3)c2Nc2ccccc2)C1. The first-order chi connectivity index (χ1) is 14.5. The highest BCUT2D eigenvalue weighted by atomic mass is 16.2. The van der Waals surface area contributed by atoms with Crippen molar-refractivity contribution in [2.24, 2.45) is 11.7 Å². The summed E-state index contributed by atoms with van der Waals surface area (Å²) in [6, 6.07) is 13.1. The van der Waals surface area contributed by atoms with Gasteiger partial charge in [0.05, 0.1) is 23.0 Å². The molecule has 1 aromatic carbocycles. The second-order valence-corrected chi connectivity index (χ2v) is 7.69. The van der Waals surface area contributed by atoms with Crippen LogP contribution in [0.1, 0.15) is 29.4 Å². The number of hydrogen-bond acceptors (Lipinski definition) is 5. The lowest BCUT2D eigenvalue weighted by Crippen LogP contribution is -2.41. The van der Waals surface area contributed by atoms with Gasteiger partial charge in [-0.05, 0) is 43.5 Å². The molecule has 5 N–H and O–H groups in total. The molecule has 1 aliphatic carbocycles. The van der Waals surface area contributed by atoms with Gasteiger partial charge in [0, 0.05) is 42.3 Å². The Kier molecular flexibility index (Phi) is 5.63. The molecule has 0 spiro atoms. The van der Waals surface area contributed by atoms with Gasteiger partial charge in [-0.2, -0.15) is 0 Å². The number of aromatic nitrogens is 2. The zero-order valence-electron chi connectivity index (χ0n) is 16.8. The third-order valence-corrected chi connectivity index (χ3v) is 5.31. The molecule has 7 nitrogen and oxygen atoms in total. The van der Waals surface area contributed by atoms with Crippen LogP contribution in [0.15, 0.2) is 54.9 Å². The predicted molar refractivity (Wildman–Crippen MR) is 117 cm³/mol. The minimum atomic E-state index is -0.565. The van der Waals surface area contributed by atoms with E-state index in [1.54, 1.807) is 19.3 Å². The van der Waals surface area contributed by atoms with Crippen LogP contribution < -0.4 is 16.4 Å². The van der Waals surface area contributed by atoms with Gasteiger partial charge in [0.2, 0.25) is 5.91 Å². The summed E-state index contributed by atoms with van der Waals surface area (Å²) in [6.07, 6.45) is 4.52. The number of nitrogens with one attached hydrogen (secondary N) is 3. The van der Waals surface area contributed by atoms with Crippen molar-refractivity contribution in [1.82, 2.24) is 15.3 Å². The number of carbonyl (C=O) groups excluding carboxylic acids is 2. The number of para-hydroxylation sites is 1. The summed E-state index contributed by atoms with van der Waals surface area (Å²) in [5.41, 5.74) is 10.7. The van der Waals surface area contributed by atoms with Gasteiger partial charge in [-0.15, -0.1) is 0 Å². The smallest absolute Gasteiger partial charge is 0.236 e. The Morgan fingerprint density at radius 3 is 2.63 bits per heavy atom. The molecule has 0 fully saturated rings. The number of pyridine rings is 1. The molecule has 3 aromatic rings. The fourth-order valence-electron chi connectivity index (χ4n) is 3.81. The number of H-pyrrole nitrogens is 1. The van der Waals surface area contributed by atoms with E-state index in [0.29, 0.717) is 24.9 Å². The number of fused-ring (bicyclic) bond motifs is 1. The molecule has 0 saturated heterocycles. The first-order valence-corrected chi connectivity index (χ1v) is 10.1. The molecule has 1 aliphatic rings. The van der Waals surface area contributed by atoms with Crippen LogP contribution in [0.5, 0.6) is 0 Å². The Labute approximate surface area is 175 Å². The van der Waals surface area contributed by atoms with E-state index in [9.17, 15) is 9.59 Å². The zero-order valence-corrected chi connectivity index (χ0v) is 16.8. The molecule has 0 radical (unpaired) electrons. The summed E-state index contributed by atoms with van der Waals surface area (Å²) in [5.74, 6) is -0.115. The highest BCUT2D eigenvalue weighted by molar-refractivity contribution is 6.07. The van der Waals surface area contributed by atoms with Crippen molar-refractivity contribution in [1.29, 1.82) is 0 Å². The van der Waals surface area contributed by atoms with Crippen molar-refractivity contribution in [2.45, 2.75) is 25.8 Å². The number of nitrogens with two attached hydrogens (primary N) is 1. The van der Waals surface area contributed by atoms with Crippen LogP contribution in [0.3, 0.4) is 0 Å². The Balaban J connectivity index is 1.67. The molecular weight excluding hydrogens is 378 g/mol. The third kappa shape index (κ3) is 4.11. The van der Waals surface area contributed by atoms with Gasteiger partial charge in [0.15, 0.2) is 5.78 Å². The van der Waals surface area contributed by atoms with Crippen molar-refractivity contribution in [2.75, 3.05) is 11.9 Å². The average molecular weight is 403 g/mol. The first kappa shape index (κ1) is 19.8. The lowest BCUT2D eigenvalue weighted by molar-refractivity contribution is -0.122. The molecule has 4 rings (SSSR count).